The summed E-state index contributed by atoms with van der Waals surface area (Å²) < 4.78 is 1.63. The van der Waals surface area contributed by atoms with Gasteiger partial charge in [0.2, 0.25) is 11.9 Å². The highest BCUT2D eigenvalue weighted by atomic mass is 35.5. The molecule has 1 amide bonds. The van der Waals surface area contributed by atoms with E-state index in [1.165, 1.54) is 11.8 Å². The van der Waals surface area contributed by atoms with Gasteiger partial charge in [0, 0.05) is 17.8 Å². The molecule has 0 bridgehead atoms. The quantitative estimate of drug-likeness (QED) is 0.844. The molecule has 0 aliphatic carbocycles. The number of halogens is 1. The fourth-order valence-corrected chi connectivity index (χ4v) is 2.35. The first kappa shape index (κ1) is 14.7. The van der Waals surface area contributed by atoms with E-state index in [1.54, 1.807) is 17.7 Å². The number of aromatic nitrogens is 3. The molecule has 0 fully saturated rings. The Morgan fingerprint density at radius 2 is 2.25 bits per heavy atom. The highest BCUT2D eigenvalue weighted by molar-refractivity contribution is 7.99. The van der Waals surface area contributed by atoms with Crippen LogP contribution in [0.4, 0.5) is 11.6 Å². The molecular weight excluding hydrogens is 298 g/mol. The number of anilines is 2. The largest absolute Gasteiger partial charge is 0.368 e. The van der Waals surface area contributed by atoms with Crippen LogP contribution >= 0.6 is 23.4 Å². The second-order valence-electron chi connectivity index (χ2n) is 4.20. The molecule has 0 aliphatic rings. The number of nitrogens with one attached hydrogen (secondary N) is 1. The average molecular weight is 312 g/mol. The lowest BCUT2D eigenvalue weighted by Gasteiger charge is -2.06. The van der Waals surface area contributed by atoms with E-state index in [4.69, 9.17) is 17.3 Å². The zero-order valence-corrected chi connectivity index (χ0v) is 12.6. The van der Waals surface area contributed by atoms with Gasteiger partial charge in [-0.3, -0.25) is 9.36 Å². The molecule has 0 spiro atoms. The molecule has 106 valence electrons. The van der Waals surface area contributed by atoms with Gasteiger partial charge < -0.3 is 11.1 Å². The molecule has 20 heavy (non-hydrogen) atoms. The van der Waals surface area contributed by atoms with Crippen LogP contribution in [0.15, 0.2) is 23.4 Å². The van der Waals surface area contributed by atoms with Crippen LogP contribution in [-0.2, 0) is 11.8 Å². The van der Waals surface area contributed by atoms with Crippen LogP contribution in [0.2, 0.25) is 5.02 Å². The SMILES string of the molecule is Cc1ccc(NC(=O)CSc2nnc(N)n2C)cc1Cl. The number of thioether (sulfide) groups is 1. The number of hydrogen-bond donors (Lipinski definition) is 2. The van der Waals surface area contributed by atoms with Gasteiger partial charge in [-0.1, -0.05) is 29.4 Å². The van der Waals surface area contributed by atoms with Gasteiger partial charge in [0.25, 0.3) is 0 Å². The molecule has 0 saturated carbocycles. The van der Waals surface area contributed by atoms with Gasteiger partial charge in [-0.25, -0.2) is 0 Å². The lowest BCUT2D eigenvalue weighted by atomic mass is 10.2. The van der Waals surface area contributed by atoms with E-state index in [-0.39, 0.29) is 11.7 Å². The zero-order valence-electron chi connectivity index (χ0n) is 11.1. The van der Waals surface area contributed by atoms with Gasteiger partial charge >= 0.3 is 0 Å². The molecule has 1 aromatic heterocycles. The predicted octanol–water partition coefficient (Wildman–Crippen LogP) is 2.09. The second-order valence-corrected chi connectivity index (χ2v) is 5.55. The Morgan fingerprint density at radius 1 is 1.50 bits per heavy atom. The molecule has 2 aromatic rings. The summed E-state index contributed by atoms with van der Waals surface area (Å²) in [6.07, 6.45) is 0. The summed E-state index contributed by atoms with van der Waals surface area (Å²) in [4.78, 5) is 11.8. The van der Waals surface area contributed by atoms with E-state index in [2.05, 4.69) is 15.5 Å². The third-order valence-electron chi connectivity index (χ3n) is 2.66. The van der Waals surface area contributed by atoms with E-state index in [1.807, 2.05) is 19.1 Å². The molecule has 0 unspecified atom stereocenters. The molecule has 0 radical (unpaired) electrons. The zero-order chi connectivity index (χ0) is 14.7. The van der Waals surface area contributed by atoms with Crippen molar-refractivity contribution in [1.29, 1.82) is 0 Å². The van der Waals surface area contributed by atoms with Gasteiger partial charge in [0.05, 0.1) is 5.75 Å². The average Bonchev–Trinajstić information content (AvgIpc) is 2.72. The Balaban J connectivity index is 1.92. The van der Waals surface area contributed by atoms with Gasteiger partial charge in [-0.2, -0.15) is 0 Å². The van der Waals surface area contributed by atoms with Gasteiger partial charge in [-0.15, -0.1) is 10.2 Å². The van der Waals surface area contributed by atoms with E-state index in [0.29, 0.717) is 21.8 Å². The molecule has 2 rings (SSSR count). The number of carbonyl (C=O) groups is 1. The highest BCUT2D eigenvalue weighted by Gasteiger charge is 2.10. The lowest BCUT2D eigenvalue weighted by Crippen LogP contribution is -2.14. The molecular formula is C12H14ClN5OS. The molecule has 8 heteroatoms. The number of aryl methyl sites for hydroxylation is 1. The second kappa shape index (κ2) is 6.15. The number of amides is 1. The summed E-state index contributed by atoms with van der Waals surface area (Å²) in [7, 11) is 1.75. The van der Waals surface area contributed by atoms with E-state index >= 15 is 0 Å². The van der Waals surface area contributed by atoms with Gasteiger partial charge in [-0.05, 0) is 24.6 Å². The summed E-state index contributed by atoms with van der Waals surface area (Å²) >= 11 is 7.27. The summed E-state index contributed by atoms with van der Waals surface area (Å²) in [6, 6.07) is 5.39. The van der Waals surface area contributed by atoms with Crippen LogP contribution in [0, 0.1) is 6.92 Å². The minimum absolute atomic E-state index is 0.142. The Bertz CT molecular complexity index is 643. The number of carbonyl (C=O) groups excluding carboxylic acids is 1. The molecule has 0 aliphatic heterocycles. The maximum absolute atomic E-state index is 11.8. The summed E-state index contributed by atoms with van der Waals surface area (Å²) in [5.74, 6) is 0.395. The van der Waals surface area contributed by atoms with Crippen molar-refractivity contribution in [1.82, 2.24) is 14.8 Å². The molecule has 6 nitrogen and oxygen atoms in total. The van der Waals surface area contributed by atoms with Crippen LogP contribution in [0.5, 0.6) is 0 Å². The smallest absolute Gasteiger partial charge is 0.234 e. The maximum Gasteiger partial charge on any atom is 0.234 e. The topological polar surface area (TPSA) is 85.8 Å². The van der Waals surface area contributed by atoms with Crippen molar-refractivity contribution in [2.45, 2.75) is 12.1 Å². The Labute approximate surface area is 125 Å². The van der Waals surface area contributed by atoms with E-state index in [0.717, 1.165) is 5.56 Å². The monoisotopic (exact) mass is 311 g/mol. The van der Waals surface area contributed by atoms with Crippen molar-refractivity contribution in [3.63, 3.8) is 0 Å². The Kier molecular flexibility index (Phi) is 4.51. The number of nitrogens with zero attached hydrogens (tertiary/aromatic N) is 3. The number of rotatable bonds is 4. The molecule has 0 saturated heterocycles. The predicted molar refractivity (Wildman–Crippen MR) is 81.0 cm³/mol. The first-order valence-corrected chi connectivity index (χ1v) is 7.17. The summed E-state index contributed by atoms with van der Waals surface area (Å²) in [6.45, 7) is 1.91. The van der Waals surface area contributed by atoms with Crippen molar-refractivity contribution < 1.29 is 4.79 Å². The van der Waals surface area contributed by atoms with E-state index in [9.17, 15) is 4.79 Å². The normalized spacial score (nSPS) is 10.6. The number of nitrogens with two attached hydrogens (primary N) is 1. The van der Waals surface area contributed by atoms with Crippen molar-refractivity contribution in [3.8, 4) is 0 Å². The van der Waals surface area contributed by atoms with Crippen molar-refractivity contribution in [2.75, 3.05) is 16.8 Å². The number of nitrogen functional groups attached to an aromatic ring is 1. The molecule has 1 aromatic carbocycles. The minimum atomic E-state index is -0.142. The molecule has 0 atom stereocenters. The molecule has 3 N–H and O–H groups in total. The third-order valence-corrected chi connectivity index (χ3v) is 4.08. The fraction of sp³-hybridized carbons (Fsp3) is 0.250. The number of benzene rings is 1. The van der Waals surface area contributed by atoms with E-state index < -0.39 is 0 Å². The number of hydrogen-bond acceptors (Lipinski definition) is 5. The van der Waals surface area contributed by atoms with Crippen LogP contribution in [-0.4, -0.2) is 26.4 Å². The Morgan fingerprint density at radius 3 is 2.85 bits per heavy atom. The van der Waals surface area contributed by atoms with Gasteiger partial charge in [0.15, 0.2) is 5.16 Å². The Hall–Kier alpha value is -1.73. The highest BCUT2D eigenvalue weighted by Crippen LogP contribution is 2.21. The van der Waals surface area contributed by atoms with Crippen LogP contribution in [0.25, 0.3) is 0 Å². The summed E-state index contributed by atoms with van der Waals surface area (Å²) in [5, 5.41) is 11.6. The minimum Gasteiger partial charge on any atom is -0.368 e. The summed E-state index contributed by atoms with van der Waals surface area (Å²) in [5.41, 5.74) is 7.20. The lowest BCUT2D eigenvalue weighted by molar-refractivity contribution is -0.113. The fourth-order valence-electron chi connectivity index (χ4n) is 1.45. The first-order chi connectivity index (χ1) is 9.47. The standard InChI is InChI=1S/C12H14ClN5OS/c1-7-3-4-8(5-9(7)13)15-10(19)6-20-12-17-16-11(14)18(12)2/h3-5H,6H2,1-2H3,(H2,14,16)(H,15,19). The molecule has 1 heterocycles. The maximum atomic E-state index is 11.8. The van der Waals surface area contributed by atoms with Gasteiger partial charge in [0.1, 0.15) is 0 Å². The van der Waals surface area contributed by atoms with Crippen molar-refractivity contribution >= 4 is 40.9 Å². The van der Waals surface area contributed by atoms with Crippen molar-refractivity contribution in [2.24, 2.45) is 7.05 Å². The third kappa shape index (κ3) is 3.43. The van der Waals surface area contributed by atoms with Crippen LogP contribution < -0.4 is 11.1 Å². The first-order valence-electron chi connectivity index (χ1n) is 5.81. The van der Waals surface area contributed by atoms with Crippen LogP contribution in [0.1, 0.15) is 5.56 Å². The van der Waals surface area contributed by atoms with Crippen LogP contribution in [0.3, 0.4) is 0 Å². The van der Waals surface area contributed by atoms with Crippen molar-refractivity contribution in [3.05, 3.63) is 28.8 Å².